The zero-order valence-electron chi connectivity index (χ0n) is 22.9. The molecule has 2 aliphatic heterocycles. The number of halogens is 1. The van der Waals surface area contributed by atoms with Gasteiger partial charge in [-0.05, 0) is 71.6 Å². The topological polar surface area (TPSA) is 96.5 Å². The maximum Gasteiger partial charge on any atom is 0.222 e. The molecule has 0 radical (unpaired) electrons. The summed E-state index contributed by atoms with van der Waals surface area (Å²) in [6, 6.07) is 0.243. The van der Waals surface area contributed by atoms with E-state index in [0.29, 0.717) is 63.9 Å². The minimum absolute atomic E-state index is 0.00294. The predicted molar refractivity (Wildman–Crippen MR) is 146 cm³/mol. The molecule has 5 unspecified atom stereocenters. The molecule has 0 bridgehead atoms. The van der Waals surface area contributed by atoms with Crippen molar-refractivity contribution in [2.75, 3.05) is 39.6 Å². The second-order valence-electron chi connectivity index (χ2n) is 10.9. The number of hydrogen-bond donors (Lipinski definition) is 3. The Morgan fingerprint density at radius 2 is 1.81 bits per heavy atom. The fraction of sp³-hybridized carbons (Fsp3) is 0.926. The highest BCUT2D eigenvalue weighted by molar-refractivity contribution is 6.20. The van der Waals surface area contributed by atoms with Crippen molar-refractivity contribution < 1.29 is 19.0 Å². The van der Waals surface area contributed by atoms with Crippen LogP contribution in [0.15, 0.2) is 4.99 Å². The Balaban J connectivity index is 1.50. The molecule has 1 amide bonds. The average molecular weight is 542 g/mol. The third-order valence-corrected chi connectivity index (χ3v) is 8.85. The normalized spacial score (nSPS) is 36.4. The molecular weight excluding hydrogens is 494 g/mol. The molecule has 0 aromatic carbocycles. The Hall–Kier alpha value is -0.810. The number of hydrogen-bond acceptors (Lipinski definition) is 8. The van der Waals surface area contributed by atoms with Crippen LogP contribution in [0.1, 0.15) is 72.1 Å². The second kappa shape index (κ2) is 14.5. The van der Waals surface area contributed by atoms with Crippen molar-refractivity contribution in [3.63, 3.8) is 0 Å². The fourth-order valence-electron chi connectivity index (χ4n) is 6.70. The third kappa shape index (κ3) is 7.65. The standard InChI is InChI=1S/C27H48ClN5O4/c1-4-29-25(34)17-23-27-32-31-18(3)33(27)24-11-10-21(37-15-14-36-13-12-35-5-2)16-22(24)26(30-23)19-6-8-20(28)9-7-19/h18-24,27,31-32H,4-17H2,1-3H3,(H,29,34)/t18?,19?,20?,21?,22?,23-,24?,27?/m0/s1. The van der Waals surface area contributed by atoms with Gasteiger partial charge in [-0.2, -0.15) is 0 Å². The first-order chi connectivity index (χ1) is 18.0. The SMILES string of the molecule is CCNC(=O)C[C@@H]1N=C(C2CCC(Cl)CC2)C2CC(OCCOCCOCC)CCC2N2C(C)NNC12. The first-order valence-corrected chi connectivity index (χ1v) is 15.0. The van der Waals surface area contributed by atoms with Gasteiger partial charge >= 0.3 is 0 Å². The number of carbonyl (C=O) groups excluding carboxylic acids is 1. The van der Waals surface area contributed by atoms with E-state index >= 15 is 0 Å². The maximum absolute atomic E-state index is 12.7. The van der Waals surface area contributed by atoms with Gasteiger partial charge in [0.05, 0.1) is 57.3 Å². The van der Waals surface area contributed by atoms with E-state index in [-0.39, 0.29) is 35.8 Å². The fourth-order valence-corrected chi connectivity index (χ4v) is 6.95. The smallest absolute Gasteiger partial charge is 0.222 e. The first kappa shape index (κ1) is 29.2. The number of amides is 1. The van der Waals surface area contributed by atoms with Crippen molar-refractivity contribution in [1.82, 2.24) is 21.1 Å². The Morgan fingerprint density at radius 3 is 2.57 bits per heavy atom. The van der Waals surface area contributed by atoms with Crippen LogP contribution in [0.2, 0.25) is 0 Å². The Bertz CT molecular complexity index is 750. The molecule has 37 heavy (non-hydrogen) atoms. The van der Waals surface area contributed by atoms with Gasteiger partial charge in [0, 0.05) is 36.2 Å². The highest BCUT2D eigenvalue weighted by Crippen LogP contribution is 2.42. The first-order valence-electron chi connectivity index (χ1n) is 14.6. The molecule has 4 aliphatic rings. The Morgan fingerprint density at radius 1 is 1.05 bits per heavy atom. The summed E-state index contributed by atoms with van der Waals surface area (Å²) in [4.78, 5) is 20.7. The van der Waals surface area contributed by atoms with Crippen molar-refractivity contribution >= 4 is 23.2 Å². The zero-order chi connectivity index (χ0) is 26.2. The maximum atomic E-state index is 12.7. The van der Waals surface area contributed by atoms with Gasteiger partial charge in [-0.25, -0.2) is 10.9 Å². The van der Waals surface area contributed by atoms with E-state index in [2.05, 4.69) is 28.0 Å². The highest BCUT2D eigenvalue weighted by atomic mass is 35.5. The lowest BCUT2D eigenvalue weighted by molar-refractivity contribution is -0.121. The molecule has 1 saturated heterocycles. The molecule has 2 aliphatic carbocycles. The van der Waals surface area contributed by atoms with E-state index in [1.807, 2.05) is 13.8 Å². The number of hydrazine groups is 1. The molecule has 0 aromatic rings. The predicted octanol–water partition coefficient (Wildman–Crippen LogP) is 2.82. The molecule has 212 valence electrons. The summed E-state index contributed by atoms with van der Waals surface area (Å²) in [5.74, 6) is 0.820. The Labute approximate surface area is 227 Å². The van der Waals surface area contributed by atoms with Gasteiger partial charge in [-0.1, -0.05) is 0 Å². The number of nitrogens with zero attached hydrogens (tertiary/aromatic N) is 2. The van der Waals surface area contributed by atoms with Crippen LogP contribution in [-0.4, -0.2) is 92.0 Å². The molecule has 10 heteroatoms. The van der Waals surface area contributed by atoms with Crippen LogP contribution in [0.5, 0.6) is 0 Å². The molecule has 4 rings (SSSR count). The van der Waals surface area contributed by atoms with Crippen LogP contribution < -0.4 is 16.2 Å². The van der Waals surface area contributed by atoms with E-state index in [4.69, 9.17) is 30.8 Å². The Kier molecular flexibility index (Phi) is 11.5. The number of fused-ring (bicyclic) bond motifs is 3. The molecule has 9 nitrogen and oxygen atoms in total. The van der Waals surface area contributed by atoms with Crippen LogP contribution in [0.4, 0.5) is 0 Å². The largest absolute Gasteiger partial charge is 0.379 e. The zero-order valence-corrected chi connectivity index (χ0v) is 23.7. The number of nitrogens with one attached hydrogen (secondary N) is 3. The van der Waals surface area contributed by atoms with Crippen molar-refractivity contribution in [1.29, 1.82) is 0 Å². The number of aliphatic imine (C=N–C) groups is 1. The summed E-state index contributed by atoms with van der Waals surface area (Å²) in [7, 11) is 0. The molecule has 0 spiro atoms. The number of carbonyl (C=O) groups is 1. The average Bonchev–Trinajstić information content (AvgIpc) is 3.21. The molecule has 6 atom stereocenters. The lowest BCUT2D eigenvalue weighted by Crippen LogP contribution is -2.55. The van der Waals surface area contributed by atoms with Gasteiger partial charge in [0.1, 0.15) is 0 Å². The van der Waals surface area contributed by atoms with E-state index in [0.717, 1.165) is 44.9 Å². The number of alkyl halides is 1. The molecule has 2 heterocycles. The van der Waals surface area contributed by atoms with Crippen LogP contribution in [-0.2, 0) is 19.0 Å². The quantitative estimate of drug-likeness (QED) is 0.258. The van der Waals surface area contributed by atoms with E-state index in [9.17, 15) is 4.79 Å². The van der Waals surface area contributed by atoms with Gasteiger partial charge in [0.2, 0.25) is 5.91 Å². The third-order valence-electron chi connectivity index (χ3n) is 8.42. The van der Waals surface area contributed by atoms with Gasteiger partial charge in [-0.3, -0.25) is 14.7 Å². The minimum atomic E-state index is -0.128. The van der Waals surface area contributed by atoms with Gasteiger partial charge in [0.25, 0.3) is 0 Å². The van der Waals surface area contributed by atoms with Crippen LogP contribution in [0, 0.1) is 11.8 Å². The van der Waals surface area contributed by atoms with Gasteiger partial charge in [-0.15, -0.1) is 11.6 Å². The summed E-state index contributed by atoms with van der Waals surface area (Å²) >= 11 is 6.49. The molecule has 3 fully saturated rings. The lowest BCUT2D eigenvalue weighted by Gasteiger charge is -2.44. The molecule has 0 aromatic heterocycles. The number of rotatable bonds is 12. The molecule has 2 saturated carbocycles. The summed E-state index contributed by atoms with van der Waals surface area (Å²) in [5.41, 5.74) is 8.24. The van der Waals surface area contributed by atoms with Crippen LogP contribution >= 0.6 is 11.6 Å². The lowest BCUT2D eigenvalue weighted by atomic mass is 9.72. The van der Waals surface area contributed by atoms with E-state index in [1.165, 1.54) is 5.71 Å². The van der Waals surface area contributed by atoms with E-state index < -0.39 is 0 Å². The summed E-state index contributed by atoms with van der Waals surface area (Å²) in [6.07, 6.45) is 8.05. The molecule has 3 N–H and O–H groups in total. The van der Waals surface area contributed by atoms with Crippen LogP contribution in [0.25, 0.3) is 0 Å². The second-order valence-corrected chi connectivity index (χ2v) is 11.5. The number of ether oxygens (including phenoxy) is 3. The summed E-state index contributed by atoms with van der Waals surface area (Å²) in [6.45, 7) is 9.94. The summed E-state index contributed by atoms with van der Waals surface area (Å²) < 4.78 is 17.3. The minimum Gasteiger partial charge on any atom is -0.379 e. The van der Waals surface area contributed by atoms with Gasteiger partial charge in [0.15, 0.2) is 0 Å². The highest BCUT2D eigenvalue weighted by Gasteiger charge is 2.50. The van der Waals surface area contributed by atoms with E-state index in [1.54, 1.807) is 0 Å². The molecular formula is C27H48ClN5O4. The monoisotopic (exact) mass is 541 g/mol. The van der Waals surface area contributed by atoms with Crippen molar-refractivity contribution in [2.45, 2.75) is 108 Å². The van der Waals surface area contributed by atoms with Crippen molar-refractivity contribution in [3.05, 3.63) is 0 Å². The van der Waals surface area contributed by atoms with Crippen molar-refractivity contribution in [2.24, 2.45) is 16.8 Å². The summed E-state index contributed by atoms with van der Waals surface area (Å²) in [5, 5.41) is 3.25. The van der Waals surface area contributed by atoms with Crippen molar-refractivity contribution in [3.8, 4) is 0 Å². The van der Waals surface area contributed by atoms with Crippen LogP contribution in [0.3, 0.4) is 0 Å². The van der Waals surface area contributed by atoms with Gasteiger partial charge < -0.3 is 19.5 Å².